The normalized spacial score (nSPS) is 13.2. The summed E-state index contributed by atoms with van der Waals surface area (Å²) in [5, 5.41) is 7.32. The molecule has 0 saturated carbocycles. The van der Waals surface area contributed by atoms with Gasteiger partial charge in [0.15, 0.2) is 6.61 Å². The molecule has 20 heavy (non-hydrogen) atoms. The van der Waals surface area contributed by atoms with Gasteiger partial charge >= 0.3 is 0 Å². The number of amides is 2. The summed E-state index contributed by atoms with van der Waals surface area (Å²) < 4.78 is 6.02. The topological polar surface area (TPSA) is 67.4 Å². The third-order valence-corrected chi connectivity index (χ3v) is 4.53. The van der Waals surface area contributed by atoms with Crippen LogP contribution in [0.15, 0.2) is 34.1 Å². The van der Waals surface area contributed by atoms with Gasteiger partial charge in [0.2, 0.25) is 0 Å². The average Bonchev–Trinajstić information content (AvgIpc) is 2.84. The van der Waals surface area contributed by atoms with Gasteiger partial charge in [0.25, 0.3) is 11.8 Å². The van der Waals surface area contributed by atoms with Crippen LogP contribution in [0.25, 0.3) is 0 Å². The number of fused-ring (bicyclic) bond motifs is 1. The third-order valence-electron chi connectivity index (χ3n) is 2.69. The zero-order chi connectivity index (χ0) is 14.1. The number of rotatable bonds is 2. The van der Waals surface area contributed by atoms with E-state index in [1.807, 2.05) is 11.4 Å². The number of ether oxygens (including phenoxy) is 1. The van der Waals surface area contributed by atoms with Crippen LogP contribution in [0.5, 0.6) is 5.75 Å². The first-order valence-corrected chi connectivity index (χ1v) is 7.42. The van der Waals surface area contributed by atoms with Crippen molar-refractivity contribution >= 4 is 50.5 Å². The van der Waals surface area contributed by atoms with Gasteiger partial charge in [0.1, 0.15) is 10.6 Å². The van der Waals surface area contributed by atoms with Crippen molar-refractivity contribution in [3.8, 4) is 5.75 Å². The number of anilines is 2. The van der Waals surface area contributed by atoms with E-state index < -0.39 is 0 Å². The average molecular weight is 353 g/mol. The molecule has 1 aromatic carbocycles. The molecule has 3 rings (SSSR count). The molecule has 0 aliphatic carbocycles. The predicted molar refractivity (Wildman–Crippen MR) is 80.5 cm³/mol. The Labute approximate surface area is 127 Å². The minimum absolute atomic E-state index is 0.0147. The van der Waals surface area contributed by atoms with Crippen LogP contribution in [0.1, 0.15) is 9.67 Å². The molecule has 0 radical (unpaired) electrons. The molecule has 0 atom stereocenters. The molecule has 7 heteroatoms. The first-order chi connectivity index (χ1) is 9.63. The summed E-state index contributed by atoms with van der Waals surface area (Å²) in [6.07, 6.45) is 0. The summed E-state index contributed by atoms with van der Waals surface area (Å²) in [5.74, 6) is 0.191. The molecular weight excluding hydrogens is 344 g/mol. The van der Waals surface area contributed by atoms with E-state index in [-0.39, 0.29) is 18.4 Å². The molecule has 2 heterocycles. The quantitative estimate of drug-likeness (QED) is 0.872. The lowest BCUT2D eigenvalue weighted by atomic mass is 10.2. The lowest BCUT2D eigenvalue weighted by molar-refractivity contribution is -0.118. The van der Waals surface area contributed by atoms with Crippen LogP contribution >= 0.6 is 27.3 Å². The molecule has 1 aliphatic heterocycles. The molecule has 2 amide bonds. The van der Waals surface area contributed by atoms with Gasteiger partial charge in [-0.05, 0) is 45.6 Å². The van der Waals surface area contributed by atoms with Gasteiger partial charge in [0.05, 0.1) is 5.69 Å². The highest BCUT2D eigenvalue weighted by atomic mass is 79.9. The summed E-state index contributed by atoms with van der Waals surface area (Å²) in [6.45, 7) is 0.0147. The van der Waals surface area contributed by atoms with Crippen LogP contribution in [0, 0.1) is 0 Å². The molecule has 0 saturated heterocycles. The van der Waals surface area contributed by atoms with E-state index in [9.17, 15) is 9.59 Å². The van der Waals surface area contributed by atoms with Crippen molar-refractivity contribution in [1.29, 1.82) is 0 Å². The number of carbonyl (C=O) groups excluding carboxylic acids is 2. The van der Waals surface area contributed by atoms with E-state index in [2.05, 4.69) is 26.6 Å². The fraction of sp³-hybridized carbons (Fsp3) is 0.0769. The maximum atomic E-state index is 12.1. The van der Waals surface area contributed by atoms with Gasteiger partial charge in [0, 0.05) is 10.2 Å². The SMILES string of the molecule is O=C1COc2ccc(NC(=O)c3sccc3Br)cc2N1. The van der Waals surface area contributed by atoms with Gasteiger partial charge < -0.3 is 15.4 Å². The van der Waals surface area contributed by atoms with E-state index in [1.165, 1.54) is 11.3 Å². The maximum absolute atomic E-state index is 12.1. The van der Waals surface area contributed by atoms with E-state index in [0.717, 1.165) is 4.47 Å². The lowest BCUT2D eigenvalue weighted by Gasteiger charge is -2.18. The summed E-state index contributed by atoms with van der Waals surface area (Å²) in [7, 11) is 0. The number of benzene rings is 1. The monoisotopic (exact) mass is 352 g/mol. The Morgan fingerprint density at radius 2 is 2.25 bits per heavy atom. The number of nitrogens with one attached hydrogen (secondary N) is 2. The standard InChI is InChI=1S/C13H9BrN2O3S/c14-8-3-4-20-12(8)13(18)15-7-1-2-10-9(5-7)16-11(17)6-19-10/h1-5H,6H2,(H,15,18)(H,16,17). The molecule has 5 nitrogen and oxygen atoms in total. The highest BCUT2D eigenvalue weighted by Crippen LogP contribution is 2.31. The van der Waals surface area contributed by atoms with Crippen molar-refractivity contribution in [1.82, 2.24) is 0 Å². The summed E-state index contributed by atoms with van der Waals surface area (Å²) in [4.78, 5) is 23.9. The summed E-state index contributed by atoms with van der Waals surface area (Å²) in [5.41, 5.74) is 1.16. The zero-order valence-electron chi connectivity index (χ0n) is 10.1. The minimum atomic E-state index is -0.207. The van der Waals surface area contributed by atoms with Crippen molar-refractivity contribution in [3.63, 3.8) is 0 Å². The van der Waals surface area contributed by atoms with E-state index >= 15 is 0 Å². The van der Waals surface area contributed by atoms with Crippen molar-refractivity contribution in [2.75, 3.05) is 17.2 Å². The van der Waals surface area contributed by atoms with Crippen LogP contribution < -0.4 is 15.4 Å². The molecule has 2 aromatic rings. The Morgan fingerprint density at radius 1 is 1.40 bits per heavy atom. The molecule has 102 valence electrons. The van der Waals surface area contributed by atoms with E-state index in [0.29, 0.717) is 22.0 Å². The van der Waals surface area contributed by atoms with Gasteiger partial charge in [-0.1, -0.05) is 0 Å². The number of hydrogen-bond donors (Lipinski definition) is 2. The Bertz CT molecular complexity index is 699. The number of carbonyl (C=O) groups is 2. The molecular formula is C13H9BrN2O3S. The molecule has 0 bridgehead atoms. The van der Waals surface area contributed by atoms with Crippen molar-refractivity contribution in [2.24, 2.45) is 0 Å². The summed E-state index contributed by atoms with van der Waals surface area (Å²) in [6, 6.07) is 6.94. The first kappa shape index (κ1) is 13.1. The second kappa shape index (κ2) is 5.26. The number of thiophene rings is 1. The zero-order valence-corrected chi connectivity index (χ0v) is 12.5. The van der Waals surface area contributed by atoms with Gasteiger partial charge in [-0.25, -0.2) is 0 Å². The molecule has 0 fully saturated rings. The maximum Gasteiger partial charge on any atom is 0.266 e. The van der Waals surface area contributed by atoms with Crippen LogP contribution in [0.4, 0.5) is 11.4 Å². The van der Waals surface area contributed by atoms with Crippen LogP contribution in [-0.4, -0.2) is 18.4 Å². The van der Waals surface area contributed by atoms with Crippen molar-refractivity contribution < 1.29 is 14.3 Å². The molecule has 2 N–H and O–H groups in total. The number of halogens is 1. The van der Waals surface area contributed by atoms with Gasteiger partial charge in [-0.15, -0.1) is 11.3 Å². The second-order valence-electron chi connectivity index (χ2n) is 4.10. The van der Waals surface area contributed by atoms with Crippen LogP contribution in [-0.2, 0) is 4.79 Å². The highest BCUT2D eigenvalue weighted by molar-refractivity contribution is 9.10. The molecule has 1 aromatic heterocycles. The van der Waals surface area contributed by atoms with Gasteiger partial charge in [-0.2, -0.15) is 0 Å². The van der Waals surface area contributed by atoms with E-state index in [4.69, 9.17) is 4.74 Å². The van der Waals surface area contributed by atoms with Gasteiger partial charge in [-0.3, -0.25) is 9.59 Å². The predicted octanol–water partition coefficient (Wildman–Crippen LogP) is 3.09. The largest absolute Gasteiger partial charge is 0.482 e. The number of hydrogen-bond acceptors (Lipinski definition) is 4. The minimum Gasteiger partial charge on any atom is -0.482 e. The van der Waals surface area contributed by atoms with Crippen LogP contribution in [0.2, 0.25) is 0 Å². The fourth-order valence-electron chi connectivity index (χ4n) is 1.80. The summed E-state index contributed by atoms with van der Waals surface area (Å²) >= 11 is 4.67. The highest BCUT2D eigenvalue weighted by Gasteiger charge is 2.17. The Kier molecular flexibility index (Phi) is 3.45. The molecule has 0 spiro atoms. The molecule has 0 unspecified atom stereocenters. The fourth-order valence-corrected chi connectivity index (χ4v) is 3.25. The second-order valence-corrected chi connectivity index (χ2v) is 5.87. The lowest BCUT2D eigenvalue weighted by Crippen LogP contribution is -2.25. The van der Waals surface area contributed by atoms with E-state index in [1.54, 1.807) is 18.2 Å². The van der Waals surface area contributed by atoms with Crippen molar-refractivity contribution in [2.45, 2.75) is 0 Å². The van der Waals surface area contributed by atoms with Crippen LogP contribution in [0.3, 0.4) is 0 Å². The first-order valence-electron chi connectivity index (χ1n) is 5.74. The Hall–Kier alpha value is -1.86. The Balaban J connectivity index is 1.82. The van der Waals surface area contributed by atoms with Crippen molar-refractivity contribution in [3.05, 3.63) is 39.0 Å². The molecule has 1 aliphatic rings. The smallest absolute Gasteiger partial charge is 0.266 e. The Morgan fingerprint density at radius 3 is 3.00 bits per heavy atom. The third kappa shape index (κ3) is 2.54.